The number of halogens is 3. The fourth-order valence-electron chi connectivity index (χ4n) is 0.930. The van der Waals surface area contributed by atoms with Crippen LogP contribution in [0.15, 0.2) is 0 Å². The molecule has 0 unspecified atom stereocenters. The van der Waals surface area contributed by atoms with E-state index < -0.39 is 25.1 Å². The molecule has 1 aromatic heterocycles. The van der Waals surface area contributed by atoms with E-state index in [1.807, 2.05) is 0 Å². The maximum absolute atomic E-state index is 11.9. The number of aryl methyl sites for hydroxylation is 1. The zero-order valence-corrected chi connectivity index (χ0v) is 8.36. The molecule has 0 aliphatic rings. The summed E-state index contributed by atoms with van der Waals surface area (Å²) in [4.78, 5) is 11.2. The highest BCUT2D eigenvalue weighted by molar-refractivity contribution is 5.85. The predicted octanol–water partition coefficient (Wildman–Crippen LogP) is 0.802. The summed E-state index contributed by atoms with van der Waals surface area (Å²) in [6.45, 7) is 1.16. The number of carbonyl (C=O) groups excluding carboxylic acids is 1. The third-order valence-corrected chi connectivity index (χ3v) is 1.60. The van der Waals surface area contributed by atoms with Crippen LogP contribution in [0, 0.1) is 0 Å². The zero-order valence-electron chi connectivity index (χ0n) is 8.36. The highest BCUT2D eigenvalue weighted by atomic mass is 19.4. The van der Waals surface area contributed by atoms with Gasteiger partial charge >= 0.3 is 12.1 Å². The summed E-state index contributed by atoms with van der Waals surface area (Å²) in [6, 6.07) is 0. The number of nitrogens with zero attached hydrogens (tertiary/aromatic N) is 4. The Morgan fingerprint density at radius 3 is 2.75 bits per heavy atom. The highest BCUT2D eigenvalue weighted by Gasteiger charge is 2.28. The van der Waals surface area contributed by atoms with Gasteiger partial charge in [0.15, 0.2) is 0 Å². The van der Waals surface area contributed by atoms with E-state index in [0.717, 1.165) is 4.68 Å². The van der Waals surface area contributed by atoms with Crippen molar-refractivity contribution in [2.45, 2.75) is 26.1 Å². The Labute approximate surface area is 88.4 Å². The van der Waals surface area contributed by atoms with Crippen LogP contribution in [0.25, 0.3) is 0 Å². The van der Waals surface area contributed by atoms with Crippen molar-refractivity contribution in [2.24, 2.45) is 0 Å². The van der Waals surface area contributed by atoms with Crippen molar-refractivity contribution < 1.29 is 22.7 Å². The van der Waals surface area contributed by atoms with Gasteiger partial charge in [-0.1, -0.05) is 0 Å². The van der Waals surface area contributed by atoms with Crippen LogP contribution in [0.4, 0.5) is 13.2 Å². The molecule has 0 saturated carbocycles. The molecule has 0 aliphatic carbocycles. The standard InChI is InChI=1S/C7H9F3N4O2/c1-2-16-6(15)5-11-12-13-14(5)4-3-7(8,9)10/h2-4H2,1H3. The minimum Gasteiger partial charge on any atom is -0.460 e. The van der Waals surface area contributed by atoms with Crippen LogP contribution in [0.2, 0.25) is 0 Å². The monoisotopic (exact) mass is 238 g/mol. The lowest BCUT2D eigenvalue weighted by Gasteiger charge is -2.06. The van der Waals surface area contributed by atoms with Crippen LogP contribution in [-0.2, 0) is 11.3 Å². The second-order valence-corrected chi connectivity index (χ2v) is 2.81. The Balaban J connectivity index is 2.67. The molecule has 9 heteroatoms. The number of tetrazole rings is 1. The number of rotatable bonds is 4. The lowest BCUT2D eigenvalue weighted by molar-refractivity contribution is -0.137. The Kier molecular flexibility index (Phi) is 3.80. The van der Waals surface area contributed by atoms with Gasteiger partial charge in [-0.2, -0.15) is 13.2 Å². The molecule has 1 aromatic rings. The van der Waals surface area contributed by atoms with Gasteiger partial charge in [0.2, 0.25) is 0 Å². The van der Waals surface area contributed by atoms with E-state index in [2.05, 4.69) is 20.3 Å². The van der Waals surface area contributed by atoms with Crippen molar-refractivity contribution in [3.63, 3.8) is 0 Å². The van der Waals surface area contributed by atoms with Gasteiger partial charge in [0.25, 0.3) is 5.82 Å². The molecule has 0 N–H and O–H groups in total. The molecule has 0 bridgehead atoms. The minimum atomic E-state index is -4.32. The minimum absolute atomic E-state index is 0.102. The first-order valence-corrected chi connectivity index (χ1v) is 4.44. The number of carbonyl (C=O) groups is 1. The summed E-state index contributed by atoms with van der Waals surface area (Å²) in [5, 5.41) is 9.69. The number of hydrogen-bond acceptors (Lipinski definition) is 5. The van der Waals surface area contributed by atoms with E-state index in [9.17, 15) is 18.0 Å². The van der Waals surface area contributed by atoms with E-state index in [0.29, 0.717) is 0 Å². The Bertz CT molecular complexity index is 363. The second-order valence-electron chi connectivity index (χ2n) is 2.81. The Morgan fingerprint density at radius 1 is 1.50 bits per heavy atom. The molecular weight excluding hydrogens is 229 g/mol. The first-order chi connectivity index (χ1) is 7.44. The molecule has 0 amide bonds. The molecule has 0 fully saturated rings. The third kappa shape index (κ3) is 3.48. The molecule has 0 aliphatic heterocycles. The highest BCUT2D eigenvalue weighted by Crippen LogP contribution is 2.20. The molecule has 6 nitrogen and oxygen atoms in total. The van der Waals surface area contributed by atoms with Crippen LogP contribution in [0.1, 0.15) is 24.0 Å². The summed E-state index contributed by atoms with van der Waals surface area (Å²) in [6.07, 6.45) is -5.43. The summed E-state index contributed by atoms with van der Waals surface area (Å²) in [5.74, 6) is -1.17. The number of alkyl halides is 3. The Morgan fingerprint density at radius 2 is 2.19 bits per heavy atom. The average molecular weight is 238 g/mol. The van der Waals surface area contributed by atoms with Gasteiger partial charge in [-0.3, -0.25) is 0 Å². The summed E-state index contributed by atoms with van der Waals surface area (Å²) >= 11 is 0. The topological polar surface area (TPSA) is 69.9 Å². The maximum Gasteiger partial charge on any atom is 0.390 e. The van der Waals surface area contributed by atoms with Crippen molar-refractivity contribution in [3.05, 3.63) is 5.82 Å². The lowest BCUT2D eigenvalue weighted by Crippen LogP contribution is -2.18. The molecular formula is C7H9F3N4O2. The quantitative estimate of drug-likeness (QED) is 0.725. The van der Waals surface area contributed by atoms with Crippen LogP contribution < -0.4 is 0 Å². The largest absolute Gasteiger partial charge is 0.460 e. The van der Waals surface area contributed by atoms with E-state index in [4.69, 9.17) is 0 Å². The van der Waals surface area contributed by atoms with E-state index in [-0.39, 0.29) is 12.4 Å². The molecule has 0 saturated heterocycles. The van der Waals surface area contributed by atoms with Gasteiger partial charge in [0.05, 0.1) is 19.6 Å². The first kappa shape index (κ1) is 12.4. The third-order valence-electron chi connectivity index (χ3n) is 1.60. The van der Waals surface area contributed by atoms with Crippen LogP contribution in [-0.4, -0.2) is 39.0 Å². The molecule has 90 valence electrons. The smallest absolute Gasteiger partial charge is 0.390 e. The number of ether oxygens (including phenoxy) is 1. The summed E-state index contributed by atoms with van der Waals surface area (Å²) < 4.78 is 41.1. The van der Waals surface area contributed by atoms with Crippen LogP contribution in [0.5, 0.6) is 0 Å². The van der Waals surface area contributed by atoms with Crippen molar-refractivity contribution in [1.82, 2.24) is 20.2 Å². The average Bonchev–Trinajstić information content (AvgIpc) is 2.61. The van der Waals surface area contributed by atoms with Crippen LogP contribution in [0.3, 0.4) is 0 Å². The SMILES string of the molecule is CCOC(=O)c1nnnn1CCC(F)(F)F. The Hall–Kier alpha value is -1.67. The fraction of sp³-hybridized carbons (Fsp3) is 0.714. The number of hydrogen-bond donors (Lipinski definition) is 0. The molecule has 1 rings (SSSR count). The molecule has 0 radical (unpaired) electrons. The zero-order chi connectivity index (χ0) is 12.2. The second kappa shape index (κ2) is 4.90. The molecule has 16 heavy (non-hydrogen) atoms. The van der Waals surface area contributed by atoms with E-state index in [1.165, 1.54) is 0 Å². The van der Waals surface area contributed by atoms with Gasteiger partial charge in [-0.25, -0.2) is 9.48 Å². The summed E-state index contributed by atoms with van der Waals surface area (Å²) in [7, 11) is 0. The van der Waals surface area contributed by atoms with Crippen LogP contribution >= 0.6 is 0 Å². The van der Waals surface area contributed by atoms with Crippen molar-refractivity contribution in [1.29, 1.82) is 0 Å². The number of aromatic nitrogens is 4. The predicted molar refractivity (Wildman–Crippen MR) is 44.4 cm³/mol. The van der Waals surface area contributed by atoms with E-state index in [1.54, 1.807) is 6.92 Å². The lowest BCUT2D eigenvalue weighted by atomic mass is 10.4. The summed E-state index contributed by atoms with van der Waals surface area (Å²) in [5.41, 5.74) is 0. The molecule has 0 atom stereocenters. The molecule has 0 spiro atoms. The van der Waals surface area contributed by atoms with Crippen molar-refractivity contribution in [2.75, 3.05) is 6.61 Å². The van der Waals surface area contributed by atoms with Gasteiger partial charge < -0.3 is 4.74 Å². The number of esters is 1. The van der Waals surface area contributed by atoms with Crippen molar-refractivity contribution in [3.8, 4) is 0 Å². The van der Waals surface area contributed by atoms with Gasteiger partial charge in [0, 0.05) is 0 Å². The van der Waals surface area contributed by atoms with Gasteiger partial charge in [-0.15, -0.1) is 5.10 Å². The van der Waals surface area contributed by atoms with Gasteiger partial charge in [-0.05, 0) is 17.4 Å². The first-order valence-electron chi connectivity index (χ1n) is 4.44. The van der Waals surface area contributed by atoms with Crippen molar-refractivity contribution >= 4 is 5.97 Å². The molecule has 0 aromatic carbocycles. The van der Waals surface area contributed by atoms with Gasteiger partial charge in [0.1, 0.15) is 0 Å². The fourth-order valence-corrected chi connectivity index (χ4v) is 0.930. The molecule has 1 heterocycles. The maximum atomic E-state index is 11.9. The van der Waals surface area contributed by atoms with E-state index >= 15 is 0 Å². The normalized spacial score (nSPS) is 11.5.